The van der Waals surface area contributed by atoms with Crippen LogP contribution in [0.2, 0.25) is 0 Å². The third kappa shape index (κ3) is 4.19. The molecule has 0 radical (unpaired) electrons. The quantitative estimate of drug-likeness (QED) is 0.437. The number of piperidine rings is 1. The second-order valence-electron chi connectivity index (χ2n) is 9.67. The van der Waals surface area contributed by atoms with Gasteiger partial charge in [-0.1, -0.05) is 54.1 Å². The predicted molar refractivity (Wildman–Crippen MR) is 142 cm³/mol. The van der Waals surface area contributed by atoms with Crippen LogP contribution in [0.15, 0.2) is 81.9 Å². The Balaban J connectivity index is 1.67. The van der Waals surface area contributed by atoms with E-state index in [1.807, 2.05) is 0 Å². The third-order valence-corrected chi connectivity index (χ3v) is 10.9. The van der Waals surface area contributed by atoms with Gasteiger partial charge in [0.15, 0.2) is 6.34 Å². The van der Waals surface area contributed by atoms with Crippen molar-refractivity contribution in [2.24, 2.45) is 5.41 Å². The molecule has 2 aromatic carbocycles. The van der Waals surface area contributed by atoms with Crippen LogP contribution in [0.5, 0.6) is 0 Å². The molecule has 2 heterocycles. The van der Waals surface area contributed by atoms with Gasteiger partial charge in [-0.15, -0.1) is 0 Å². The summed E-state index contributed by atoms with van der Waals surface area (Å²) in [4.78, 5) is 1.63. The number of allylic oxidation sites excluding steroid dienone is 3. The molecule has 0 bridgehead atoms. The first-order valence-electron chi connectivity index (χ1n) is 11.4. The molecule has 168 valence electrons. The molecule has 4 nitrogen and oxygen atoms in total. The Morgan fingerprint density at radius 1 is 1.03 bits per heavy atom. The number of rotatable bonds is 4. The van der Waals surface area contributed by atoms with Crippen molar-refractivity contribution in [3.63, 3.8) is 0 Å². The highest BCUT2D eigenvalue weighted by molar-refractivity contribution is 9.10. The number of anilines is 2. The van der Waals surface area contributed by atoms with Gasteiger partial charge in [0, 0.05) is 16.6 Å². The zero-order valence-corrected chi connectivity index (χ0v) is 22.0. The van der Waals surface area contributed by atoms with Gasteiger partial charge in [-0.2, -0.15) is 0 Å². The average Bonchev–Trinajstić information content (AvgIpc) is 3.07. The van der Waals surface area contributed by atoms with Crippen LogP contribution >= 0.6 is 22.3 Å². The molecule has 2 saturated heterocycles. The number of quaternary nitrogens is 1. The normalized spacial score (nSPS) is 25.2. The van der Waals surface area contributed by atoms with Gasteiger partial charge in [0.25, 0.3) is 0 Å². The van der Waals surface area contributed by atoms with Crippen molar-refractivity contribution >= 4 is 45.5 Å². The maximum absolute atomic E-state index is 6.64. The average molecular weight is 530 g/mol. The van der Waals surface area contributed by atoms with E-state index in [-0.39, 0.29) is 5.41 Å². The number of hydrogen-bond donors (Lipinski definition) is 3. The van der Waals surface area contributed by atoms with Gasteiger partial charge >= 0.3 is 0 Å². The number of nitrogens with one attached hydrogen (secondary N) is 3. The molecule has 2 aliphatic heterocycles. The van der Waals surface area contributed by atoms with Crippen LogP contribution in [0, 0.1) is 5.41 Å². The highest BCUT2D eigenvalue weighted by Crippen LogP contribution is 2.66. The predicted octanol–water partition coefficient (Wildman–Crippen LogP) is 5.79. The second-order valence-corrected chi connectivity index (χ2v) is 14.4. The molecule has 2 fully saturated rings. The zero-order chi connectivity index (χ0) is 22.3. The monoisotopic (exact) mass is 529 g/mol. The fourth-order valence-corrected chi connectivity index (χ4v) is 9.38. The SMILES string of the molecule is CC1(C)C=C2NN(c3ccccc3)[P@](=S)(Nc3ccc(Br)cc3)C2=C([NH+]2CCCCC2)C1. The number of nitrogens with zero attached hydrogens (tertiary/aromatic N) is 1. The van der Waals surface area contributed by atoms with Crippen LogP contribution in [0.25, 0.3) is 0 Å². The van der Waals surface area contributed by atoms with Crippen LogP contribution in [0.3, 0.4) is 0 Å². The summed E-state index contributed by atoms with van der Waals surface area (Å²) >= 11 is 10.2. The molecule has 0 aromatic heterocycles. The molecule has 5 rings (SSSR count). The Bertz CT molecular complexity index is 1100. The highest BCUT2D eigenvalue weighted by Gasteiger charge is 2.48. The molecule has 3 N–H and O–H groups in total. The molecule has 32 heavy (non-hydrogen) atoms. The first kappa shape index (κ1) is 22.2. The van der Waals surface area contributed by atoms with Gasteiger partial charge in [-0.3, -0.25) is 5.43 Å². The first-order chi connectivity index (χ1) is 15.4. The maximum Gasteiger partial charge on any atom is 0.176 e. The summed E-state index contributed by atoms with van der Waals surface area (Å²) in [6.07, 6.45) is 5.03. The Morgan fingerprint density at radius 2 is 1.72 bits per heavy atom. The van der Waals surface area contributed by atoms with Gasteiger partial charge in [-0.25, -0.2) is 4.78 Å². The van der Waals surface area contributed by atoms with E-state index in [1.54, 1.807) is 4.90 Å². The molecule has 0 saturated carbocycles. The van der Waals surface area contributed by atoms with Crippen molar-refractivity contribution in [1.82, 2.24) is 5.43 Å². The Hall–Kier alpha value is -1.59. The minimum Gasteiger partial charge on any atom is -0.337 e. The minimum absolute atomic E-state index is 0.107. The summed E-state index contributed by atoms with van der Waals surface area (Å²) < 4.78 is 3.32. The molecule has 1 aliphatic carbocycles. The molecular formula is C25H31BrN4PS+. The molecule has 0 amide bonds. The molecule has 0 unspecified atom stereocenters. The van der Waals surface area contributed by atoms with Gasteiger partial charge in [-0.05, 0) is 72.9 Å². The fraction of sp³-hybridized carbons (Fsp3) is 0.360. The van der Waals surface area contributed by atoms with Crippen LogP contribution in [-0.4, -0.2) is 13.1 Å². The van der Waals surface area contributed by atoms with E-state index in [9.17, 15) is 0 Å². The molecular weight excluding hydrogens is 499 g/mol. The Morgan fingerprint density at radius 3 is 2.41 bits per heavy atom. The summed E-state index contributed by atoms with van der Waals surface area (Å²) in [5.74, 6) is 0. The third-order valence-electron chi connectivity index (χ3n) is 6.53. The summed E-state index contributed by atoms with van der Waals surface area (Å²) in [6, 6.07) is 18.9. The first-order valence-corrected chi connectivity index (χ1v) is 15.0. The highest BCUT2D eigenvalue weighted by atomic mass is 79.9. The Labute approximate surface area is 205 Å². The van der Waals surface area contributed by atoms with E-state index in [0.29, 0.717) is 0 Å². The van der Waals surface area contributed by atoms with Crippen molar-refractivity contribution < 1.29 is 4.90 Å². The second kappa shape index (κ2) is 8.64. The van der Waals surface area contributed by atoms with Crippen LogP contribution in [0.1, 0.15) is 39.5 Å². The zero-order valence-electron chi connectivity index (χ0n) is 18.7. The van der Waals surface area contributed by atoms with E-state index in [0.717, 1.165) is 22.3 Å². The number of para-hydroxylation sites is 1. The van der Waals surface area contributed by atoms with E-state index in [2.05, 4.69) is 106 Å². The lowest BCUT2D eigenvalue weighted by Crippen LogP contribution is -3.11. The topological polar surface area (TPSA) is 31.7 Å². The van der Waals surface area contributed by atoms with Crippen LogP contribution < -0.4 is 20.2 Å². The molecule has 3 aliphatic rings. The van der Waals surface area contributed by atoms with Crippen molar-refractivity contribution in [3.8, 4) is 0 Å². The number of halogens is 1. The largest absolute Gasteiger partial charge is 0.337 e. The number of fused-ring (bicyclic) bond motifs is 1. The number of hydrazine groups is 1. The van der Waals surface area contributed by atoms with Crippen LogP contribution in [0.4, 0.5) is 11.4 Å². The van der Waals surface area contributed by atoms with Crippen molar-refractivity contribution in [2.75, 3.05) is 23.0 Å². The van der Waals surface area contributed by atoms with E-state index < -0.39 is 6.34 Å². The summed E-state index contributed by atoms with van der Waals surface area (Å²) in [5, 5.41) is 5.19. The number of hydrogen-bond acceptors (Lipinski definition) is 2. The molecule has 2 aromatic rings. The molecule has 0 spiro atoms. The summed E-state index contributed by atoms with van der Waals surface area (Å²) in [5.41, 5.74) is 8.75. The standard InChI is InChI=1S/C25H30BrN4PS/c1-25(2)17-22-24(23(18-25)29-15-7-4-8-16-29)31(32,28-20-13-11-19(26)12-14-20)30(27-22)21-9-5-3-6-10-21/h3,5-6,9-14,17,27H,4,7-8,15-16,18H2,1-2H3,(H,28,32)/p+1/t31-/m1/s1. The summed E-state index contributed by atoms with van der Waals surface area (Å²) in [6.45, 7) is 7.11. The molecule has 7 heteroatoms. The number of benzene rings is 2. The fourth-order valence-electron chi connectivity index (χ4n) is 5.10. The van der Waals surface area contributed by atoms with Gasteiger partial charge in [0.1, 0.15) is 11.0 Å². The van der Waals surface area contributed by atoms with Gasteiger partial charge in [0.05, 0.1) is 24.5 Å². The summed E-state index contributed by atoms with van der Waals surface area (Å²) in [7, 11) is 0. The van der Waals surface area contributed by atoms with E-state index in [1.165, 1.54) is 49.1 Å². The smallest absolute Gasteiger partial charge is 0.176 e. The van der Waals surface area contributed by atoms with Crippen LogP contribution in [-0.2, 0) is 11.8 Å². The van der Waals surface area contributed by atoms with Gasteiger partial charge in [0.2, 0.25) is 0 Å². The molecule has 1 atom stereocenters. The minimum atomic E-state index is -2.37. The lowest BCUT2D eigenvalue weighted by Gasteiger charge is -2.36. The van der Waals surface area contributed by atoms with Gasteiger partial charge < -0.3 is 9.99 Å². The lowest BCUT2D eigenvalue weighted by atomic mass is 9.82. The van der Waals surface area contributed by atoms with Crippen molar-refractivity contribution in [1.29, 1.82) is 0 Å². The van der Waals surface area contributed by atoms with E-state index >= 15 is 0 Å². The van der Waals surface area contributed by atoms with Crippen molar-refractivity contribution in [3.05, 3.63) is 81.9 Å². The van der Waals surface area contributed by atoms with E-state index in [4.69, 9.17) is 11.8 Å². The van der Waals surface area contributed by atoms with Crippen molar-refractivity contribution in [2.45, 2.75) is 39.5 Å². The lowest BCUT2D eigenvalue weighted by molar-refractivity contribution is -0.868. The maximum atomic E-state index is 6.64. The number of likely N-dealkylation sites (tertiary alicyclic amines) is 1. The Kier molecular flexibility index (Phi) is 6.00.